The first-order chi connectivity index (χ1) is 34.3. The molecule has 0 aliphatic heterocycles. The van der Waals surface area contributed by atoms with Crippen molar-refractivity contribution >= 4 is 136 Å². The van der Waals surface area contributed by atoms with Crippen LogP contribution < -0.4 is 21.3 Å². The van der Waals surface area contributed by atoms with Gasteiger partial charge in [0.1, 0.15) is 18.0 Å². The highest BCUT2D eigenvalue weighted by molar-refractivity contribution is 9.20. The lowest BCUT2D eigenvalue weighted by Gasteiger charge is -2.15. The normalized spacial score (nSPS) is 10.9. The fraction of sp³-hybridized carbons (Fsp3) is 0.817. The van der Waals surface area contributed by atoms with Crippen LogP contribution in [-0.2, 0) is 43.0 Å². The van der Waals surface area contributed by atoms with Crippen molar-refractivity contribution in [3.05, 3.63) is 25.3 Å². The van der Waals surface area contributed by atoms with Crippen LogP contribution in [0, 0.1) is 11.8 Å². The molecule has 6 N–H and O–H groups in total. The number of carbonyl (C=O) groups excluding carboxylic acids is 7. The summed E-state index contributed by atoms with van der Waals surface area (Å²) in [6.07, 6.45) is 3.86. The Kier molecular flexibility index (Phi) is 144. The zero-order valence-corrected chi connectivity index (χ0v) is 57.3. The summed E-state index contributed by atoms with van der Waals surface area (Å²) in [5.41, 5.74) is 0. The van der Waals surface area contributed by atoms with E-state index in [9.17, 15) is 33.6 Å². The third-order valence-electron chi connectivity index (χ3n) is 6.83. The predicted molar refractivity (Wildman–Crippen MR) is 395 cm³/mol. The van der Waals surface area contributed by atoms with Gasteiger partial charge in [-0.25, -0.2) is 0 Å². The number of allylic oxidation sites excluding steroid dienone is 1. The van der Waals surface area contributed by atoms with Gasteiger partial charge in [-0.15, -0.1) is 41.9 Å². The molecule has 0 rings (SSSR count). The number of hydrogen-bond acceptors (Lipinski definition) is 15. The maximum Gasteiger partial charge on any atom is 0.319 e. The van der Waals surface area contributed by atoms with Gasteiger partial charge in [-0.1, -0.05) is 152 Å². The molecule has 0 aliphatic rings. The van der Waals surface area contributed by atoms with Gasteiger partial charge in [0, 0.05) is 50.0 Å². The first-order valence-electron chi connectivity index (χ1n) is 25.2. The van der Waals surface area contributed by atoms with E-state index in [0.717, 1.165) is 6.42 Å². The zero-order valence-electron chi connectivity index (χ0n) is 49.2. The second-order valence-corrected chi connectivity index (χ2v) is 24.7. The third kappa shape index (κ3) is 117. The number of ether oxygens (including phenoxy) is 2. The minimum atomic E-state index is -0.283. The van der Waals surface area contributed by atoms with Crippen LogP contribution in [0.15, 0.2) is 25.3 Å². The molecule has 0 aromatic carbocycles. The van der Waals surface area contributed by atoms with E-state index >= 15 is 0 Å². The van der Waals surface area contributed by atoms with Crippen LogP contribution in [0.5, 0.6) is 0 Å². The Hall–Kier alpha value is -1.27. The molecule has 0 fully saturated rings. The molecule has 512 valence electrons. The molecule has 6 unspecified atom stereocenters. The lowest BCUT2D eigenvalue weighted by atomic mass is 9.99. The van der Waals surface area contributed by atoms with E-state index in [1.54, 1.807) is 19.9 Å². The predicted octanol–water partition coefficient (Wildman–Crippen LogP) is 16.6. The standard InChI is InChI=1S/C15H29NO3S.C11H20BrNO3S.C8H17NO2S.C6H11NO.C3H4Br2O.C3H6.C2H6OS.2C2H6.8CH4.2H2/c1-10(2)9-12(5)15(18)19-7-8-20-13(6)14(17)16-11(3)4;1-7(2)13-10(14)9(4)17-6-5-16-11(15)8(3)12;1-6(2)9-8(11)7(3)12-5-4-10;1-4-6(8)7-5(2)3;1-2(4)3(5)6;1-3-2;3-1-2-4;2*1-2;;;;;;;;;;/h10-13H,7-9H2,1-6H3,(H,16,17);7-9H,5-6H2,1-4H3,(H,13,14);6-7,10H,4-5H2,1-3H3,(H,9,11);4-5H,1H2,2-3H3,(H,7,8);2H,1H3;3H,1H2,2H3;3-4H,1-2H2;2*1-2H3;8*1H4;2*1H. The maximum atomic E-state index is 11.7. The Labute approximate surface area is 556 Å². The number of hydrogen-bond donors (Lipinski definition) is 7. The van der Waals surface area contributed by atoms with Crippen LogP contribution in [-0.4, -0.2) is 149 Å². The summed E-state index contributed by atoms with van der Waals surface area (Å²) in [6, 6.07) is 0.702. The number of aliphatic hydroxyl groups is 2. The van der Waals surface area contributed by atoms with Gasteiger partial charge in [-0.3, -0.25) is 33.6 Å². The van der Waals surface area contributed by atoms with Crippen LogP contribution in [0.4, 0.5) is 0 Å². The maximum absolute atomic E-state index is 11.7. The minimum Gasteiger partial charge on any atom is -0.465 e. The van der Waals surface area contributed by atoms with Crippen LogP contribution >= 0.6 is 95.7 Å². The van der Waals surface area contributed by atoms with Crippen LogP contribution in [0.1, 0.15) is 214 Å². The van der Waals surface area contributed by atoms with Gasteiger partial charge >= 0.3 is 11.9 Å². The lowest BCUT2D eigenvalue weighted by Crippen LogP contribution is -2.36. The Morgan fingerprint density at radius 2 is 0.780 bits per heavy atom. The van der Waals surface area contributed by atoms with Crippen LogP contribution in [0.3, 0.4) is 0 Å². The summed E-state index contributed by atoms with van der Waals surface area (Å²) in [4.78, 5) is 77.3. The summed E-state index contributed by atoms with van der Waals surface area (Å²) in [5, 5.41) is 27.2. The molecule has 6 atom stereocenters. The average Bonchev–Trinajstić information content (AvgIpc) is 3.31. The van der Waals surface area contributed by atoms with Gasteiger partial charge in [0.05, 0.1) is 39.7 Å². The molecule has 0 saturated heterocycles. The molecule has 4 amide bonds. The summed E-state index contributed by atoms with van der Waals surface area (Å²) in [6.45, 7) is 48.1. The van der Waals surface area contributed by atoms with Crippen molar-refractivity contribution in [2.75, 3.05) is 49.4 Å². The van der Waals surface area contributed by atoms with Crippen molar-refractivity contribution in [1.29, 1.82) is 0 Å². The smallest absolute Gasteiger partial charge is 0.319 e. The highest BCUT2D eigenvalue weighted by Crippen LogP contribution is 2.15. The fourth-order valence-electron chi connectivity index (χ4n) is 3.80. The molecule has 82 heavy (non-hydrogen) atoms. The average molecular weight is 1460 g/mol. The van der Waals surface area contributed by atoms with E-state index < -0.39 is 0 Å². The van der Waals surface area contributed by atoms with E-state index in [1.807, 2.05) is 118 Å². The van der Waals surface area contributed by atoms with E-state index in [2.05, 4.69) is 109 Å². The number of esters is 2. The third-order valence-corrected chi connectivity index (χ3v) is 12.5. The lowest BCUT2D eigenvalue weighted by molar-refractivity contribution is -0.148. The number of halogens is 3. The van der Waals surface area contributed by atoms with Crippen molar-refractivity contribution in [2.24, 2.45) is 11.8 Å². The van der Waals surface area contributed by atoms with Gasteiger partial charge in [0.25, 0.3) is 0 Å². The summed E-state index contributed by atoms with van der Waals surface area (Å²) in [7, 11) is 0. The van der Waals surface area contributed by atoms with E-state index in [1.165, 1.54) is 41.4 Å². The summed E-state index contributed by atoms with van der Waals surface area (Å²) >= 11 is 17.0. The van der Waals surface area contributed by atoms with Gasteiger partial charge in [0.2, 0.25) is 28.3 Å². The number of amides is 4. The first-order valence-corrected chi connectivity index (χ1v) is 31.6. The summed E-state index contributed by atoms with van der Waals surface area (Å²) in [5.74, 6) is 2.47. The zero-order chi connectivity index (χ0) is 60.5. The molecule has 0 aromatic rings. The molecule has 0 aromatic heterocycles. The number of aliphatic hydroxyl groups excluding tert-OH is 2. The van der Waals surface area contributed by atoms with Crippen molar-refractivity contribution in [1.82, 2.24) is 21.3 Å². The summed E-state index contributed by atoms with van der Waals surface area (Å²) < 4.78 is 10.2. The fourth-order valence-corrected chi connectivity index (χ4v) is 6.12. The van der Waals surface area contributed by atoms with Crippen LogP contribution in [0.2, 0.25) is 0 Å². The molecule has 22 heteroatoms. The molecule has 0 heterocycles. The molecular formula is C60H141Br3N4O11S4. The molecule has 15 nitrogen and oxygen atoms in total. The monoisotopic (exact) mass is 1460 g/mol. The van der Waals surface area contributed by atoms with E-state index in [0.29, 0.717) is 42.1 Å². The second kappa shape index (κ2) is 93.4. The van der Waals surface area contributed by atoms with Gasteiger partial charge in [0.15, 0.2) is 0 Å². The van der Waals surface area contributed by atoms with Gasteiger partial charge in [-0.05, 0) is 131 Å². The highest BCUT2D eigenvalue weighted by Gasteiger charge is 2.18. The van der Waals surface area contributed by atoms with Crippen molar-refractivity contribution in [3.63, 3.8) is 0 Å². The van der Waals surface area contributed by atoms with Gasteiger partial charge < -0.3 is 41.0 Å². The molecular weight excluding hydrogens is 1320 g/mol. The Morgan fingerprint density at radius 1 is 0.524 bits per heavy atom. The second-order valence-electron chi connectivity index (χ2n) is 16.4. The number of nitrogens with one attached hydrogen (secondary N) is 4. The molecule has 0 spiro atoms. The SMILES string of the molecule is C.C.C.C.C.C.C.C.C=CC.C=CC(=O)NC(C)C.CC.CC.CC(Br)C(=O)Br.CC(C)CC(C)C(=O)OCCSC(C)C(=O)NC(C)C.CC(C)NC(=O)C(C)SCCO.CC(C)NC(=O)C(C)SCCOC(=O)C(C)Br.OCCS.[HH].[HH]. The van der Waals surface area contributed by atoms with Crippen LogP contribution in [0.25, 0.3) is 0 Å². The Balaban J connectivity index is -0.0000000356. The minimum absolute atomic E-state index is 0. The Morgan fingerprint density at radius 3 is 0.963 bits per heavy atom. The van der Waals surface area contributed by atoms with Crippen molar-refractivity contribution in [3.8, 4) is 0 Å². The number of thiol groups is 1. The van der Waals surface area contributed by atoms with E-state index in [-0.39, 0.29) is 171 Å². The van der Waals surface area contributed by atoms with Crippen molar-refractivity contribution < 1.29 is 56.1 Å². The van der Waals surface area contributed by atoms with E-state index in [4.69, 9.17) is 19.7 Å². The molecule has 0 bridgehead atoms. The highest BCUT2D eigenvalue weighted by atomic mass is 79.9. The first kappa shape index (κ1) is 126. The number of carbonyl (C=O) groups is 7. The number of alkyl halides is 2. The number of thioether (sulfide) groups is 3. The van der Waals surface area contributed by atoms with Gasteiger partial charge in [-0.2, -0.15) is 12.6 Å². The van der Waals surface area contributed by atoms with Crippen molar-refractivity contribution in [2.45, 2.75) is 261 Å². The molecule has 0 aliphatic carbocycles. The Bertz CT molecular complexity index is 1390. The number of rotatable bonds is 25. The molecule has 0 saturated carbocycles. The largest absolute Gasteiger partial charge is 0.465 e. The molecule has 0 radical (unpaired) electrons. The quantitative estimate of drug-likeness (QED) is 0.00859. The topological polar surface area (TPSA) is 227 Å².